The second-order valence-corrected chi connectivity index (χ2v) is 5.21. The molecule has 26 heavy (non-hydrogen) atoms. The lowest BCUT2D eigenvalue weighted by Gasteiger charge is -2.09. The van der Waals surface area contributed by atoms with Crippen LogP contribution in [0.4, 0.5) is 0 Å². The number of para-hydroxylation sites is 2. The quantitative estimate of drug-likeness (QED) is 0.328. The van der Waals surface area contributed by atoms with Gasteiger partial charge in [-0.05, 0) is 30.2 Å². The summed E-state index contributed by atoms with van der Waals surface area (Å²) < 4.78 is 11.0. The third-order valence-corrected chi connectivity index (χ3v) is 3.32. The molecule has 132 valence electrons. The number of hydrogen-bond acceptors (Lipinski definition) is 4. The molecule has 0 aromatic heterocycles. The maximum absolute atomic E-state index is 11.9. The van der Waals surface area contributed by atoms with Crippen molar-refractivity contribution < 1.29 is 14.3 Å². The molecule has 0 aliphatic rings. The largest absolute Gasteiger partial charge is 0.483 e. The second kappa shape index (κ2) is 10.4. The Morgan fingerprint density at radius 2 is 1.88 bits per heavy atom. The molecule has 5 nitrogen and oxygen atoms in total. The number of rotatable bonds is 9. The molecule has 0 fully saturated rings. The molecule has 0 heterocycles. The van der Waals surface area contributed by atoms with Gasteiger partial charge in [0.2, 0.25) is 0 Å². The zero-order valence-electron chi connectivity index (χ0n) is 14.4. The topological polar surface area (TPSA) is 59.9 Å². The molecular weight excluding hydrogens is 328 g/mol. The Balaban J connectivity index is 1.89. The highest BCUT2D eigenvalue weighted by Crippen LogP contribution is 2.18. The normalized spacial score (nSPS) is 10.1. The zero-order valence-corrected chi connectivity index (χ0v) is 14.4. The highest BCUT2D eigenvalue weighted by molar-refractivity contribution is 5.85. The van der Waals surface area contributed by atoms with Gasteiger partial charge in [0.15, 0.2) is 6.61 Å². The van der Waals surface area contributed by atoms with E-state index in [1.807, 2.05) is 42.5 Å². The van der Waals surface area contributed by atoms with E-state index in [4.69, 9.17) is 15.9 Å². The Hall–Kier alpha value is -3.52. The van der Waals surface area contributed by atoms with Crippen LogP contribution in [0.25, 0.3) is 0 Å². The van der Waals surface area contributed by atoms with E-state index in [-0.39, 0.29) is 19.1 Å². The van der Waals surface area contributed by atoms with Gasteiger partial charge in [-0.3, -0.25) is 4.79 Å². The van der Waals surface area contributed by atoms with E-state index >= 15 is 0 Å². The zero-order chi connectivity index (χ0) is 18.6. The number of allylic oxidation sites excluding steroid dienone is 1. The van der Waals surface area contributed by atoms with E-state index in [1.54, 1.807) is 12.1 Å². The fourth-order valence-electron chi connectivity index (χ4n) is 2.16. The van der Waals surface area contributed by atoms with Gasteiger partial charge in [0, 0.05) is 5.56 Å². The summed E-state index contributed by atoms with van der Waals surface area (Å²) in [4.78, 5) is 11.9. The summed E-state index contributed by atoms with van der Waals surface area (Å²) in [6.07, 6.45) is 9.14. The van der Waals surface area contributed by atoms with E-state index in [2.05, 4.69) is 23.0 Å². The lowest BCUT2D eigenvalue weighted by Crippen LogP contribution is -2.24. The molecule has 0 aliphatic heterocycles. The number of hydrazone groups is 1. The molecule has 0 radical (unpaired) electrons. The fourth-order valence-corrected chi connectivity index (χ4v) is 2.16. The van der Waals surface area contributed by atoms with Gasteiger partial charge in [-0.25, -0.2) is 5.43 Å². The van der Waals surface area contributed by atoms with Crippen molar-refractivity contribution in [3.05, 3.63) is 72.3 Å². The number of benzene rings is 2. The van der Waals surface area contributed by atoms with Gasteiger partial charge >= 0.3 is 0 Å². The van der Waals surface area contributed by atoms with Gasteiger partial charge in [-0.1, -0.05) is 42.3 Å². The van der Waals surface area contributed by atoms with Crippen molar-refractivity contribution in [2.45, 2.75) is 6.42 Å². The summed E-state index contributed by atoms with van der Waals surface area (Å²) in [6.45, 7) is 3.74. The summed E-state index contributed by atoms with van der Waals surface area (Å²) in [6, 6.07) is 14.8. The minimum Gasteiger partial charge on any atom is -0.483 e. The highest BCUT2D eigenvalue weighted by Gasteiger charge is 2.05. The van der Waals surface area contributed by atoms with Crippen molar-refractivity contribution in [2.75, 3.05) is 13.2 Å². The Morgan fingerprint density at radius 1 is 1.15 bits per heavy atom. The number of amides is 1. The van der Waals surface area contributed by atoms with Gasteiger partial charge in [0.05, 0.1) is 6.21 Å². The van der Waals surface area contributed by atoms with Crippen LogP contribution in [0, 0.1) is 12.3 Å². The number of nitrogens with one attached hydrogen (secondary N) is 1. The number of carbonyl (C=O) groups is 1. The van der Waals surface area contributed by atoms with Crippen molar-refractivity contribution in [1.29, 1.82) is 0 Å². The van der Waals surface area contributed by atoms with Crippen LogP contribution in [0.3, 0.4) is 0 Å². The monoisotopic (exact) mass is 348 g/mol. The molecule has 2 rings (SSSR count). The Labute approximate surface area is 153 Å². The molecule has 0 atom stereocenters. The predicted octanol–water partition coefficient (Wildman–Crippen LogP) is 2.96. The Bertz CT molecular complexity index is 822. The van der Waals surface area contributed by atoms with Crippen LogP contribution in [-0.4, -0.2) is 25.3 Å². The Kier molecular flexibility index (Phi) is 7.50. The molecule has 0 saturated carbocycles. The first-order chi connectivity index (χ1) is 12.7. The molecule has 2 aromatic carbocycles. The van der Waals surface area contributed by atoms with Gasteiger partial charge < -0.3 is 9.47 Å². The van der Waals surface area contributed by atoms with Crippen molar-refractivity contribution in [1.82, 2.24) is 5.43 Å². The smallest absolute Gasteiger partial charge is 0.277 e. The summed E-state index contributed by atoms with van der Waals surface area (Å²) in [5, 5.41) is 3.93. The van der Waals surface area contributed by atoms with E-state index in [0.717, 1.165) is 5.56 Å². The van der Waals surface area contributed by atoms with E-state index < -0.39 is 0 Å². The average Bonchev–Trinajstić information content (AvgIpc) is 2.67. The molecule has 0 aliphatic carbocycles. The van der Waals surface area contributed by atoms with Crippen LogP contribution >= 0.6 is 0 Å². The second-order valence-electron chi connectivity index (χ2n) is 5.21. The third-order valence-electron chi connectivity index (χ3n) is 3.32. The highest BCUT2D eigenvalue weighted by atomic mass is 16.5. The van der Waals surface area contributed by atoms with Gasteiger partial charge in [-0.15, -0.1) is 13.0 Å². The van der Waals surface area contributed by atoms with Crippen LogP contribution in [0.15, 0.2) is 66.3 Å². The maximum atomic E-state index is 11.9. The van der Waals surface area contributed by atoms with Gasteiger partial charge in [-0.2, -0.15) is 5.10 Å². The molecule has 2 aromatic rings. The molecular formula is C21H20N2O3. The standard InChI is InChI=1S/C21H20N2O3/c1-3-9-17-10-5-7-12-19(17)26-16-21(24)23-22-15-18-11-6-8-13-20(18)25-14-4-2/h2-3,5-8,10-13,15H,1,9,14,16H2,(H,23,24). The number of hydrogen-bond donors (Lipinski definition) is 1. The lowest BCUT2D eigenvalue weighted by atomic mass is 10.1. The fraction of sp³-hybridized carbons (Fsp3) is 0.143. The van der Waals surface area contributed by atoms with Crippen LogP contribution in [0.1, 0.15) is 11.1 Å². The molecule has 0 spiro atoms. The predicted molar refractivity (Wildman–Crippen MR) is 102 cm³/mol. The van der Waals surface area contributed by atoms with Gasteiger partial charge in [0.1, 0.15) is 18.1 Å². The SMILES string of the molecule is C#CCOc1ccccc1C=NNC(=O)COc1ccccc1CC=C. The molecule has 5 heteroatoms. The van der Waals surface area contributed by atoms with Crippen molar-refractivity contribution >= 4 is 12.1 Å². The minimum atomic E-state index is -0.364. The lowest BCUT2D eigenvalue weighted by molar-refractivity contribution is -0.123. The summed E-state index contributed by atoms with van der Waals surface area (Å²) in [7, 11) is 0. The number of nitrogens with zero attached hydrogens (tertiary/aromatic N) is 1. The summed E-state index contributed by atoms with van der Waals surface area (Å²) in [5.41, 5.74) is 4.10. The Morgan fingerprint density at radius 3 is 2.65 bits per heavy atom. The van der Waals surface area contributed by atoms with Crippen LogP contribution < -0.4 is 14.9 Å². The third kappa shape index (κ3) is 5.84. The van der Waals surface area contributed by atoms with E-state index in [0.29, 0.717) is 23.5 Å². The minimum absolute atomic E-state index is 0.138. The maximum Gasteiger partial charge on any atom is 0.277 e. The van der Waals surface area contributed by atoms with Crippen LogP contribution in [0.5, 0.6) is 11.5 Å². The van der Waals surface area contributed by atoms with Crippen LogP contribution in [0.2, 0.25) is 0 Å². The first kappa shape index (κ1) is 18.8. The summed E-state index contributed by atoms with van der Waals surface area (Å²) in [5.74, 6) is 3.29. The number of terminal acetylenes is 1. The van der Waals surface area contributed by atoms with E-state index in [1.165, 1.54) is 6.21 Å². The number of carbonyl (C=O) groups excluding carboxylic acids is 1. The van der Waals surface area contributed by atoms with Crippen molar-refractivity contribution in [2.24, 2.45) is 5.10 Å². The molecule has 0 unspecified atom stereocenters. The van der Waals surface area contributed by atoms with Crippen molar-refractivity contribution in [3.8, 4) is 23.8 Å². The van der Waals surface area contributed by atoms with Gasteiger partial charge in [0.25, 0.3) is 5.91 Å². The first-order valence-electron chi connectivity index (χ1n) is 8.03. The van der Waals surface area contributed by atoms with E-state index in [9.17, 15) is 4.79 Å². The molecule has 0 saturated heterocycles. The van der Waals surface area contributed by atoms with Crippen LogP contribution in [-0.2, 0) is 11.2 Å². The molecule has 1 amide bonds. The summed E-state index contributed by atoms with van der Waals surface area (Å²) >= 11 is 0. The van der Waals surface area contributed by atoms with Crippen molar-refractivity contribution in [3.63, 3.8) is 0 Å². The first-order valence-corrected chi connectivity index (χ1v) is 8.03. The molecule has 1 N–H and O–H groups in total. The molecule has 0 bridgehead atoms. The average molecular weight is 348 g/mol. The number of ether oxygens (including phenoxy) is 2.